The summed E-state index contributed by atoms with van der Waals surface area (Å²) in [6.07, 6.45) is 6.26. The summed E-state index contributed by atoms with van der Waals surface area (Å²) in [5.74, 6) is -0.304. The lowest BCUT2D eigenvalue weighted by molar-refractivity contribution is -0.168. The number of hydrogen-bond donors (Lipinski definition) is 2. The van der Waals surface area contributed by atoms with Gasteiger partial charge in [-0.05, 0) is 44.1 Å². The van der Waals surface area contributed by atoms with Crippen molar-refractivity contribution >= 4 is 11.9 Å². The number of methoxy groups -OCH3 is 1. The Labute approximate surface area is 184 Å². The van der Waals surface area contributed by atoms with Crippen molar-refractivity contribution in [2.45, 2.75) is 77.3 Å². The summed E-state index contributed by atoms with van der Waals surface area (Å²) in [6, 6.07) is 0. The van der Waals surface area contributed by atoms with E-state index in [2.05, 4.69) is 13.0 Å². The Bertz CT molecular complexity index is 725. The number of hydrogen-bond acceptors (Lipinski definition) is 7. The van der Waals surface area contributed by atoms with Crippen LogP contribution < -0.4 is 0 Å². The van der Waals surface area contributed by atoms with Crippen LogP contribution in [0.25, 0.3) is 0 Å². The van der Waals surface area contributed by atoms with E-state index in [1.807, 2.05) is 12.2 Å². The molecular weight excluding hydrogens is 400 g/mol. The summed E-state index contributed by atoms with van der Waals surface area (Å²) in [4.78, 5) is 24.5. The monoisotopic (exact) mass is 436 g/mol. The van der Waals surface area contributed by atoms with E-state index < -0.39 is 23.7 Å². The highest BCUT2D eigenvalue weighted by Gasteiger charge is 2.44. The first-order valence-corrected chi connectivity index (χ1v) is 11.3. The molecule has 0 unspecified atom stereocenters. The second-order valence-electron chi connectivity index (χ2n) is 9.92. The molecule has 7 nitrogen and oxygen atoms in total. The molecule has 0 amide bonds. The van der Waals surface area contributed by atoms with Crippen LogP contribution >= 0.6 is 0 Å². The first kappa shape index (κ1) is 24.0. The van der Waals surface area contributed by atoms with Gasteiger partial charge in [0.25, 0.3) is 0 Å². The van der Waals surface area contributed by atoms with Crippen LogP contribution in [0.3, 0.4) is 0 Å². The van der Waals surface area contributed by atoms with Crippen molar-refractivity contribution < 1.29 is 34.0 Å². The fourth-order valence-corrected chi connectivity index (χ4v) is 5.12. The Balaban J connectivity index is 1.75. The normalized spacial score (nSPS) is 35.7. The van der Waals surface area contributed by atoms with Crippen molar-refractivity contribution in [3.05, 3.63) is 23.8 Å². The van der Waals surface area contributed by atoms with Gasteiger partial charge >= 0.3 is 11.9 Å². The molecule has 0 spiro atoms. The summed E-state index contributed by atoms with van der Waals surface area (Å²) >= 11 is 0. The van der Waals surface area contributed by atoms with Crippen LogP contribution in [0.15, 0.2) is 23.8 Å². The molecule has 0 saturated carbocycles. The van der Waals surface area contributed by atoms with Crippen LogP contribution in [0.2, 0.25) is 0 Å². The zero-order valence-corrected chi connectivity index (χ0v) is 19.0. The van der Waals surface area contributed by atoms with Gasteiger partial charge in [-0.1, -0.05) is 25.2 Å². The van der Waals surface area contributed by atoms with Gasteiger partial charge in [0.2, 0.25) is 0 Å². The summed E-state index contributed by atoms with van der Waals surface area (Å²) in [7, 11) is 1.55. The summed E-state index contributed by atoms with van der Waals surface area (Å²) < 4.78 is 16.6. The fraction of sp³-hybridized carbons (Fsp3) is 0.750. The minimum Gasteiger partial charge on any atom is -0.462 e. The quantitative estimate of drug-likeness (QED) is 0.591. The van der Waals surface area contributed by atoms with E-state index in [-0.39, 0.29) is 48.8 Å². The number of cyclic esters (lactones) is 1. The van der Waals surface area contributed by atoms with Gasteiger partial charge in [0.1, 0.15) is 12.2 Å². The molecule has 3 aliphatic rings. The highest BCUT2D eigenvalue weighted by atomic mass is 16.6. The van der Waals surface area contributed by atoms with E-state index in [9.17, 15) is 19.8 Å². The highest BCUT2D eigenvalue weighted by molar-refractivity contribution is 5.76. The van der Waals surface area contributed by atoms with Crippen LogP contribution in [-0.4, -0.2) is 60.3 Å². The topological polar surface area (TPSA) is 102 Å². The SMILES string of the molecule is COCC(C)(C)C(=O)O[C@H]1C[C@H](O)C=C2C=C[C@H](C)[C@H](CC[C@@H]3C[C@@H](O)CC(=O)O3)[C@H]21. The molecule has 1 saturated heterocycles. The van der Waals surface area contributed by atoms with E-state index in [1.54, 1.807) is 21.0 Å². The van der Waals surface area contributed by atoms with E-state index in [0.717, 1.165) is 12.0 Å². The van der Waals surface area contributed by atoms with Crippen molar-refractivity contribution in [3.8, 4) is 0 Å². The Kier molecular flexibility index (Phi) is 7.60. The number of aliphatic hydroxyl groups excluding tert-OH is 2. The molecule has 0 aromatic carbocycles. The van der Waals surface area contributed by atoms with Crippen molar-refractivity contribution in [1.29, 1.82) is 0 Å². The average molecular weight is 437 g/mol. The lowest BCUT2D eigenvalue weighted by atomic mass is 9.66. The molecule has 1 aliphatic heterocycles. The molecule has 2 N–H and O–H groups in total. The zero-order valence-electron chi connectivity index (χ0n) is 19.0. The zero-order chi connectivity index (χ0) is 22.8. The molecule has 174 valence electrons. The Morgan fingerprint density at radius 1 is 1.26 bits per heavy atom. The highest BCUT2D eigenvalue weighted by Crippen LogP contribution is 2.44. The van der Waals surface area contributed by atoms with E-state index in [0.29, 0.717) is 19.3 Å². The summed E-state index contributed by atoms with van der Waals surface area (Å²) in [5.41, 5.74) is 0.212. The van der Waals surface area contributed by atoms with Gasteiger partial charge in [-0.15, -0.1) is 0 Å². The third-order valence-corrected chi connectivity index (χ3v) is 6.75. The standard InChI is InChI=1S/C24H36O7/c1-14-5-6-15-9-16(25)11-20(31-23(28)24(2,3)13-29-4)22(15)19(14)8-7-18-10-17(26)12-21(27)30-18/h5-6,9,14,16-20,22,25-26H,7-8,10-13H2,1-4H3/t14-,16+,17+,18+,19-,20-,22-/m0/s1. The Hall–Kier alpha value is -1.70. The summed E-state index contributed by atoms with van der Waals surface area (Å²) in [6.45, 7) is 5.97. The number of aliphatic hydroxyl groups is 2. The predicted octanol–water partition coefficient (Wildman–Crippen LogP) is 2.55. The van der Waals surface area contributed by atoms with Gasteiger partial charge in [-0.3, -0.25) is 9.59 Å². The van der Waals surface area contributed by atoms with Gasteiger partial charge in [0, 0.05) is 25.9 Å². The van der Waals surface area contributed by atoms with Crippen LogP contribution in [0, 0.1) is 23.2 Å². The number of rotatable bonds is 7. The molecule has 1 heterocycles. The van der Waals surface area contributed by atoms with Crippen LogP contribution in [0.4, 0.5) is 0 Å². The van der Waals surface area contributed by atoms with Crippen molar-refractivity contribution in [2.24, 2.45) is 23.2 Å². The van der Waals surface area contributed by atoms with Crippen LogP contribution in [0.5, 0.6) is 0 Å². The maximum absolute atomic E-state index is 12.9. The number of esters is 2. The third kappa shape index (κ3) is 5.76. The van der Waals surface area contributed by atoms with Gasteiger partial charge in [0.15, 0.2) is 0 Å². The third-order valence-electron chi connectivity index (χ3n) is 6.75. The van der Waals surface area contributed by atoms with E-state index in [4.69, 9.17) is 14.2 Å². The first-order valence-electron chi connectivity index (χ1n) is 11.3. The number of allylic oxidation sites excluding steroid dienone is 2. The van der Waals surface area contributed by atoms with Gasteiger partial charge in [-0.2, -0.15) is 0 Å². The fourth-order valence-electron chi connectivity index (χ4n) is 5.12. The number of ether oxygens (including phenoxy) is 3. The molecule has 1 fully saturated rings. The molecule has 7 atom stereocenters. The van der Waals surface area contributed by atoms with Gasteiger partial charge in [0.05, 0.1) is 30.7 Å². The largest absolute Gasteiger partial charge is 0.462 e. The second kappa shape index (κ2) is 9.84. The molecule has 2 aliphatic carbocycles. The molecule has 3 rings (SSSR count). The van der Waals surface area contributed by atoms with E-state index >= 15 is 0 Å². The molecule has 0 bridgehead atoms. The predicted molar refractivity (Wildman–Crippen MR) is 114 cm³/mol. The van der Waals surface area contributed by atoms with Crippen LogP contribution in [-0.2, 0) is 23.8 Å². The number of carbonyl (C=O) groups is 2. The molecule has 0 radical (unpaired) electrons. The lowest BCUT2D eigenvalue weighted by Crippen LogP contribution is -2.45. The molecule has 0 aromatic heterocycles. The van der Waals surface area contributed by atoms with Gasteiger partial charge < -0.3 is 24.4 Å². The van der Waals surface area contributed by atoms with Crippen LogP contribution in [0.1, 0.15) is 52.9 Å². The van der Waals surface area contributed by atoms with Crippen molar-refractivity contribution in [2.75, 3.05) is 13.7 Å². The van der Waals surface area contributed by atoms with Gasteiger partial charge in [-0.25, -0.2) is 0 Å². The Morgan fingerprint density at radius 3 is 2.68 bits per heavy atom. The van der Waals surface area contributed by atoms with E-state index in [1.165, 1.54) is 0 Å². The average Bonchev–Trinajstić information content (AvgIpc) is 2.66. The lowest BCUT2D eigenvalue weighted by Gasteiger charge is -2.43. The maximum atomic E-state index is 12.9. The number of fused-ring (bicyclic) bond motifs is 1. The Morgan fingerprint density at radius 2 is 2.00 bits per heavy atom. The maximum Gasteiger partial charge on any atom is 0.314 e. The molecule has 31 heavy (non-hydrogen) atoms. The second-order valence-corrected chi connectivity index (χ2v) is 9.92. The molecule has 7 heteroatoms. The van der Waals surface area contributed by atoms with Crippen molar-refractivity contribution in [1.82, 2.24) is 0 Å². The van der Waals surface area contributed by atoms with Crippen molar-refractivity contribution in [3.63, 3.8) is 0 Å². The minimum atomic E-state index is -0.779. The first-order chi connectivity index (χ1) is 14.6. The smallest absolute Gasteiger partial charge is 0.314 e. The molecule has 0 aromatic rings. The minimum absolute atomic E-state index is 0.0325. The summed E-state index contributed by atoms with van der Waals surface area (Å²) in [5, 5.41) is 20.3. The number of carbonyl (C=O) groups excluding carboxylic acids is 2. The molecular formula is C24H36O7.